The Hall–Kier alpha value is -2.44. The molecular weight excluding hydrogens is 267 g/mol. The largest absolute Gasteiger partial charge is 0.480 e. The second-order valence-corrected chi connectivity index (χ2v) is 4.48. The van der Waals surface area contributed by atoms with Crippen molar-refractivity contribution in [2.45, 2.75) is 18.9 Å². The van der Waals surface area contributed by atoms with E-state index in [1.807, 2.05) is 0 Å². The molecule has 7 heteroatoms. The number of carbonyl (C=O) groups is 3. The summed E-state index contributed by atoms with van der Waals surface area (Å²) in [7, 11) is 0. The maximum atomic E-state index is 13.3. The number of carboxylic acids is 1. The molecule has 1 atom stereocenters. The second-order valence-electron chi connectivity index (χ2n) is 4.48. The molecule has 1 aliphatic rings. The minimum absolute atomic E-state index is 0.192. The van der Waals surface area contributed by atoms with E-state index in [0.29, 0.717) is 10.5 Å². The van der Waals surface area contributed by atoms with Crippen molar-refractivity contribution < 1.29 is 23.9 Å². The zero-order valence-electron chi connectivity index (χ0n) is 10.7. The fourth-order valence-electron chi connectivity index (χ4n) is 2.30. The second kappa shape index (κ2) is 4.92. The van der Waals surface area contributed by atoms with Crippen molar-refractivity contribution in [3.05, 3.63) is 35.6 Å². The molecule has 0 radical (unpaired) electrons. The number of rotatable bonds is 4. The van der Waals surface area contributed by atoms with Crippen molar-refractivity contribution in [1.29, 1.82) is 0 Å². The van der Waals surface area contributed by atoms with E-state index in [1.165, 1.54) is 18.2 Å². The van der Waals surface area contributed by atoms with Crippen LogP contribution < -0.4 is 5.32 Å². The number of carbonyl (C=O) groups excluding carboxylic acids is 2. The van der Waals surface area contributed by atoms with Gasteiger partial charge in [-0.25, -0.2) is 9.18 Å². The summed E-state index contributed by atoms with van der Waals surface area (Å²) in [6, 6.07) is 4.55. The number of benzene rings is 1. The average molecular weight is 280 g/mol. The first kappa shape index (κ1) is 14.0. The van der Waals surface area contributed by atoms with Gasteiger partial charge in [0.1, 0.15) is 17.9 Å². The van der Waals surface area contributed by atoms with Crippen molar-refractivity contribution in [3.63, 3.8) is 0 Å². The Bertz CT molecular complexity index is 589. The third-order valence-electron chi connectivity index (χ3n) is 3.32. The van der Waals surface area contributed by atoms with Crippen LogP contribution in [0.3, 0.4) is 0 Å². The van der Waals surface area contributed by atoms with Gasteiger partial charge in [-0.1, -0.05) is 19.1 Å². The number of aliphatic carboxylic acids is 1. The molecule has 2 N–H and O–H groups in total. The van der Waals surface area contributed by atoms with Gasteiger partial charge in [0.05, 0.1) is 0 Å². The molecule has 1 heterocycles. The fraction of sp³-hybridized carbons (Fsp3) is 0.308. The van der Waals surface area contributed by atoms with Crippen LogP contribution in [0.4, 0.5) is 9.18 Å². The highest BCUT2D eigenvalue weighted by Crippen LogP contribution is 2.32. The Morgan fingerprint density at radius 2 is 2.15 bits per heavy atom. The average Bonchev–Trinajstić information content (AvgIpc) is 2.63. The molecule has 6 nitrogen and oxygen atoms in total. The van der Waals surface area contributed by atoms with Crippen LogP contribution >= 0.6 is 0 Å². The number of imide groups is 1. The lowest BCUT2D eigenvalue weighted by Gasteiger charge is -2.25. The van der Waals surface area contributed by atoms with Gasteiger partial charge in [0.25, 0.3) is 5.91 Å². The Balaban J connectivity index is 2.45. The lowest BCUT2D eigenvalue weighted by molar-refractivity contribution is -0.143. The van der Waals surface area contributed by atoms with Crippen molar-refractivity contribution >= 4 is 17.9 Å². The van der Waals surface area contributed by atoms with Gasteiger partial charge >= 0.3 is 12.0 Å². The molecule has 1 aromatic rings. The number of halogens is 1. The summed E-state index contributed by atoms with van der Waals surface area (Å²) in [4.78, 5) is 35.5. The number of nitrogens with zero attached hydrogens (tertiary/aromatic N) is 1. The van der Waals surface area contributed by atoms with E-state index in [0.717, 1.165) is 6.07 Å². The summed E-state index contributed by atoms with van der Waals surface area (Å²) in [6.07, 6.45) is 0.192. The summed E-state index contributed by atoms with van der Waals surface area (Å²) in [5.74, 6) is -2.51. The number of nitrogens with one attached hydrogen (secondary N) is 1. The molecule has 1 unspecified atom stereocenters. The van der Waals surface area contributed by atoms with Crippen molar-refractivity contribution in [2.75, 3.05) is 6.54 Å². The third-order valence-corrected chi connectivity index (χ3v) is 3.32. The highest BCUT2D eigenvalue weighted by molar-refractivity contribution is 6.08. The van der Waals surface area contributed by atoms with Crippen LogP contribution in [0.15, 0.2) is 24.3 Å². The molecule has 0 aromatic heterocycles. The van der Waals surface area contributed by atoms with Crippen LogP contribution in [-0.2, 0) is 15.1 Å². The van der Waals surface area contributed by atoms with Gasteiger partial charge < -0.3 is 10.4 Å². The quantitative estimate of drug-likeness (QED) is 0.808. The zero-order valence-corrected chi connectivity index (χ0v) is 10.7. The molecule has 1 aromatic carbocycles. The predicted octanol–water partition coefficient (Wildman–Crippen LogP) is 1.07. The van der Waals surface area contributed by atoms with Gasteiger partial charge in [-0.3, -0.25) is 14.5 Å². The molecule has 1 saturated heterocycles. The number of hydrogen-bond acceptors (Lipinski definition) is 3. The smallest absolute Gasteiger partial charge is 0.325 e. The fourth-order valence-corrected chi connectivity index (χ4v) is 2.30. The summed E-state index contributed by atoms with van der Waals surface area (Å²) in [6.45, 7) is 0.940. The first-order valence-corrected chi connectivity index (χ1v) is 6.02. The van der Waals surface area contributed by atoms with Gasteiger partial charge in [-0.15, -0.1) is 0 Å². The molecule has 3 amide bonds. The summed E-state index contributed by atoms with van der Waals surface area (Å²) in [5, 5.41) is 11.2. The number of hydrogen-bond donors (Lipinski definition) is 2. The van der Waals surface area contributed by atoms with Gasteiger partial charge in [-0.05, 0) is 24.1 Å². The highest BCUT2D eigenvalue weighted by atomic mass is 19.1. The molecule has 1 fully saturated rings. The Kier molecular flexibility index (Phi) is 3.44. The minimum atomic E-state index is -1.41. The van der Waals surface area contributed by atoms with E-state index >= 15 is 0 Å². The first-order valence-electron chi connectivity index (χ1n) is 6.02. The molecule has 0 bridgehead atoms. The zero-order chi connectivity index (χ0) is 14.9. The predicted molar refractivity (Wildman–Crippen MR) is 66.2 cm³/mol. The normalized spacial score (nSPS) is 22.0. The third kappa shape index (κ3) is 2.11. The van der Waals surface area contributed by atoms with Gasteiger partial charge in [0.15, 0.2) is 0 Å². The minimum Gasteiger partial charge on any atom is -0.480 e. The van der Waals surface area contributed by atoms with Crippen molar-refractivity contribution in [3.8, 4) is 0 Å². The maximum Gasteiger partial charge on any atom is 0.325 e. The van der Waals surface area contributed by atoms with Crippen LogP contribution in [-0.4, -0.2) is 34.5 Å². The van der Waals surface area contributed by atoms with Crippen LogP contribution in [0, 0.1) is 5.82 Å². The molecule has 0 aliphatic carbocycles. The highest BCUT2D eigenvalue weighted by Gasteiger charge is 2.51. The monoisotopic (exact) mass is 280 g/mol. The number of amides is 3. The van der Waals surface area contributed by atoms with Gasteiger partial charge in [0, 0.05) is 0 Å². The van der Waals surface area contributed by atoms with E-state index in [-0.39, 0.29) is 6.42 Å². The van der Waals surface area contributed by atoms with Crippen molar-refractivity contribution in [2.24, 2.45) is 0 Å². The van der Waals surface area contributed by atoms with Crippen LogP contribution in [0.1, 0.15) is 18.9 Å². The Morgan fingerprint density at radius 1 is 1.45 bits per heavy atom. The van der Waals surface area contributed by atoms with E-state index < -0.39 is 35.8 Å². The van der Waals surface area contributed by atoms with Crippen LogP contribution in [0.25, 0.3) is 0 Å². The molecule has 106 valence electrons. The van der Waals surface area contributed by atoms with E-state index in [1.54, 1.807) is 6.92 Å². The molecular formula is C13H13FN2O4. The Morgan fingerprint density at radius 3 is 2.70 bits per heavy atom. The summed E-state index contributed by atoms with van der Waals surface area (Å²) in [5.41, 5.74) is -1.11. The summed E-state index contributed by atoms with van der Waals surface area (Å²) < 4.78 is 13.3. The topological polar surface area (TPSA) is 86.7 Å². The van der Waals surface area contributed by atoms with Crippen LogP contribution in [0.2, 0.25) is 0 Å². The SMILES string of the molecule is CCC1(c2cccc(F)c2)NC(=O)N(CC(=O)O)C1=O. The first-order chi connectivity index (χ1) is 9.40. The van der Waals surface area contributed by atoms with Crippen molar-refractivity contribution in [1.82, 2.24) is 10.2 Å². The maximum absolute atomic E-state index is 13.3. The van der Waals surface area contributed by atoms with Gasteiger partial charge in [0.2, 0.25) is 0 Å². The summed E-state index contributed by atoms with van der Waals surface area (Å²) >= 11 is 0. The van der Waals surface area contributed by atoms with E-state index in [2.05, 4.69) is 5.32 Å². The molecule has 20 heavy (non-hydrogen) atoms. The lowest BCUT2D eigenvalue weighted by Crippen LogP contribution is -2.44. The molecule has 2 rings (SSSR count). The number of carboxylic acid groups (broad SMARTS) is 1. The molecule has 0 saturated carbocycles. The lowest BCUT2D eigenvalue weighted by atomic mass is 9.87. The van der Waals surface area contributed by atoms with Crippen LogP contribution in [0.5, 0.6) is 0 Å². The standard InChI is InChI=1S/C13H13FN2O4/c1-2-13(8-4-3-5-9(14)6-8)11(19)16(7-10(17)18)12(20)15-13/h3-6H,2,7H2,1H3,(H,15,20)(H,17,18). The Labute approximate surface area is 114 Å². The molecule has 0 spiro atoms. The van der Waals surface area contributed by atoms with E-state index in [9.17, 15) is 18.8 Å². The van der Waals surface area contributed by atoms with Gasteiger partial charge in [-0.2, -0.15) is 0 Å². The van der Waals surface area contributed by atoms with E-state index in [4.69, 9.17) is 5.11 Å². The number of urea groups is 1. The molecule has 1 aliphatic heterocycles.